The first-order chi connectivity index (χ1) is 9.15. The van der Waals surface area contributed by atoms with Crippen LogP contribution in [0.5, 0.6) is 0 Å². The predicted molar refractivity (Wildman–Crippen MR) is 83.9 cm³/mol. The zero-order valence-electron chi connectivity index (χ0n) is 11.3. The Bertz CT molecular complexity index is 419. The van der Waals surface area contributed by atoms with Crippen LogP contribution in [0.25, 0.3) is 0 Å². The first kappa shape index (κ1) is 15.3. The van der Waals surface area contributed by atoms with E-state index in [1.165, 1.54) is 5.56 Å². The quantitative estimate of drug-likeness (QED) is 0.868. The molecule has 0 unspecified atom stereocenters. The van der Waals surface area contributed by atoms with Crippen molar-refractivity contribution in [2.75, 3.05) is 26.3 Å². The van der Waals surface area contributed by atoms with Gasteiger partial charge in [0, 0.05) is 29.3 Å². The van der Waals surface area contributed by atoms with Crippen LogP contribution in [0.1, 0.15) is 25.3 Å². The number of halogens is 2. The summed E-state index contributed by atoms with van der Waals surface area (Å²) in [6.07, 6.45) is 3.23. The molecular weight excluding hydrogens is 326 g/mol. The molecule has 0 spiro atoms. The highest BCUT2D eigenvalue weighted by Gasteiger charge is 2.32. The summed E-state index contributed by atoms with van der Waals surface area (Å²) < 4.78 is 6.56. The number of hydrogen-bond acceptors (Lipinski definition) is 2. The monoisotopic (exact) mass is 345 g/mol. The molecule has 1 saturated heterocycles. The number of hydrogen-bond donors (Lipinski definition) is 1. The van der Waals surface area contributed by atoms with Gasteiger partial charge in [-0.1, -0.05) is 40.5 Å². The third kappa shape index (κ3) is 4.19. The molecule has 19 heavy (non-hydrogen) atoms. The molecule has 0 saturated carbocycles. The Kier molecular flexibility index (Phi) is 5.70. The molecule has 1 aromatic rings. The Balaban J connectivity index is 2.14. The van der Waals surface area contributed by atoms with Gasteiger partial charge in [-0.2, -0.15) is 0 Å². The molecule has 0 amide bonds. The van der Waals surface area contributed by atoms with Crippen molar-refractivity contribution in [3.05, 3.63) is 33.3 Å². The van der Waals surface area contributed by atoms with Gasteiger partial charge in [-0.15, -0.1) is 0 Å². The SMILES string of the molecule is CCNCC1(Cc2ccc(Br)cc2Cl)CCOCC1. The molecule has 1 heterocycles. The zero-order chi connectivity index (χ0) is 13.7. The average molecular weight is 347 g/mol. The van der Waals surface area contributed by atoms with E-state index in [1.54, 1.807) is 0 Å². The molecule has 0 aliphatic carbocycles. The molecule has 1 aliphatic heterocycles. The average Bonchev–Trinajstić information content (AvgIpc) is 2.41. The Hall–Kier alpha value is -0.0900. The van der Waals surface area contributed by atoms with E-state index >= 15 is 0 Å². The minimum atomic E-state index is 0.283. The normalized spacial score (nSPS) is 18.5. The minimum Gasteiger partial charge on any atom is -0.381 e. The van der Waals surface area contributed by atoms with Crippen LogP contribution < -0.4 is 5.32 Å². The summed E-state index contributed by atoms with van der Waals surface area (Å²) in [6.45, 7) is 5.93. The lowest BCUT2D eigenvalue weighted by atomic mass is 9.75. The Labute approximate surface area is 129 Å². The van der Waals surface area contributed by atoms with Gasteiger partial charge in [-0.05, 0) is 48.9 Å². The van der Waals surface area contributed by atoms with E-state index in [-0.39, 0.29) is 5.41 Å². The van der Waals surface area contributed by atoms with E-state index in [4.69, 9.17) is 16.3 Å². The number of nitrogens with one attached hydrogen (secondary N) is 1. The second-order valence-corrected chi connectivity index (χ2v) is 6.63. The molecular formula is C15H21BrClNO. The van der Waals surface area contributed by atoms with E-state index in [2.05, 4.69) is 40.3 Å². The first-order valence-corrected chi connectivity index (χ1v) is 8.05. The van der Waals surface area contributed by atoms with E-state index in [1.807, 2.05) is 6.07 Å². The van der Waals surface area contributed by atoms with Crippen LogP contribution in [0.3, 0.4) is 0 Å². The van der Waals surface area contributed by atoms with Crippen molar-refractivity contribution in [2.24, 2.45) is 5.41 Å². The van der Waals surface area contributed by atoms with Crippen LogP contribution in [-0.2, 0) is 11.2 Å². The summed E-state index contributed by atoms with van der Waals surface area (Å²) >= 11 is 9.82. The van der Waals surface area contributed by atoms with Gasteiger partial charge in [0.25, 0.3) is 0 Å². The lowest BCUT2D eigenvalue weighted by molar-refractivity contribution is 0.0152. The zero-order valence-corrected chi connectivity index (χ0v) is 13.7. The van der Waals surface area contributed by atoms with Gasteiger partial charge in [-0.25, -0.2) is 0 Å². The van der Waals surface area contributed by atoms with Crippen molar-refractivity contribution in [1.82, 2.24) is 5.32 Å². The largest absolute Gasteiger partial charge is 0.381 e. The standard InChI is InChI=1S/C15H21BrClNO/c1-2-18-11-15(5-7-19-8-6-15)10-12-3-4-13(16)9-14(12)17/h3-4,9,18H,2,5-8,10-11H2,1H3. The summed E-state index contributed by atoms with van der Waals surface area (Å²) in [4.78, 5) is 0. The lowest BCUT2D eigenvalue weighted by Gasteiger charge is -2.38. The van der Waals surface area contributed by atoms with Gasteiger partial charge < -0.3 is 10.1 Å². The highest BCUT2D eigenvalue weighted by Crippen LogP contribution is 2.36. The Morgan fingerprint density at radius 3 is 2.74 bits per heavy atom. The van der Waals surface area contributed by atoms with Crippen LogP contribution in [0, 0.1) is 5.41 Å². The first-order valence-electron chi connectivity index (χ1n) is 6.88. The summed E-state index contributed by atoms with van der Waals surface area (Å²) in [5.41, 5.74) is 1.52. The fourth-order valence-corrected chi connectivity index (χ4v) is 3.42. The molecule has 1 fully saturated rings. The summed E-state index contributed by atoms with van der Waals surface area (Å²) in [6, 6.07) is 6.19. The molecule has 0 bridgehead atoms. The number of benzene rings is 1. The molecule has 1 aromatic carbocycles. The summed E-state index contributed by atoms with van der Waals surface area (Å²) in [5.74, 6) is 0. The van der Waals surface area contributed by atoms with Crippen LogP contribution >= 0.6 is 27.5 Å². The van der Waals surface area contributed by atoms with Gasteiger partial charge in [-0.3, -0.25) is 0 Å². The Morgan fingerprint density at radius 1 is 1.37 bits per heavy atom. The van der Waals surface area contributed by atoms with E-state index in [0.29, 0.717) is 0 Å². The van der Waals surface area contributed by atoms with Crippen molar-refractivity contribution in [3.8, 4) is 0 Å². The van der Waals surface area contributed by atoms with Gasteiger partial charge in [0.05, 0.1) is 0 Å². The molecule has 1 aliphatic rings. The van der Waals surface area contributed by atoms with Crippen molar-refractivity contribution in [1.29, 1.82) is 0 Å². The highest BCUT2D eigenvalue weighted by atomic mass is 79.9. The van der Waals surface area contributed by atoms with Crippen molar-refractivity contribution in [3.63, 3.8) is 0 Å². The maximum absolute atomic E-state index is 6.36. The molecule has 106 valence electrons. The second kappa shape index (κ2) is 7.07. The van der Waals surface area contributed by atoms with Crippen LogP contribution in [-0.4, -0.2) is 26.3 Å². The van der Waals surface area contributed by atoms with Crippen molar-refractivity contribution in [2.45, 2.75) is 26.2 Å². The highest BCUT2D eigenvalue weighted by molar-refractivity contribution is 9.10. The fourth-order valence-electron chi connectivity index (χ4n) is 2.68. The van der Waals surface area contributed by atoms with E-state index in [9.17, 15) is 0 Å². The van der Waals surface area contributed by atoms with Gasteiger partial charge in [0.15, 0.2) is 0 Å². The molecule has 1 N–H and O–H groups in total. The maximum atomic E-state index is 6.36. The molecule has 2 nitrogen and oxygen atoms in total. The Morgan fingerprint density at radius 2 is 2.11 bits per heavy atom. The lowest BCUT2D eigenvalue weighted by Crippen LogP contribution is -2.40. The third-order valence-corrected chi connectivity index (χ3v) is 4.73. The second-order valence-electron chi connectivity index (χ2n) is 5.31. The van der Waals surface area contributed by atoms with Gasteiger partial charge in [0.1, 0.15) is 0 Å². The van der Waals surface area contributed by atoms with Crippen molar-refractivity contribution >= 4 is 27.5 Å². The number of ether oxygens (including phenoxy) is 1. The molecule has 0 aromatic heterocycles. The minimum absolute atomic E-state index is 0.283. The predicted octanol–water partition coefficient (Wildman–Crippen LogP) is 4.05. The molecule has 0 atom stereocenters. The topological polar surface area (TPSA) is 21.3 Å². The molecule has 4 heteroatoms. The molecule has 0 radical (unpaired) electrons. The molecule has 2 rings (SSSR count). The van der Waals surface area contributed by atoms with E-state index in [0.717, 1.165) is 55.1 Å². The summed E-state index contributed by atoms with van der Waals surface area (Å²) in [7, 11) is 0. The van der Waals surface area contributed by atoms with Crippen molar-refractivity contribution < 1.29 is 4.74 Å². The van der Waals surface area contributed by atoms with E-state index < -0.39 is 0 Å². The van der Waals surface area contributed by atoms with Crippen LogP contribution in [0.2, 0.25) is 5.02 Å². The smallest absolute Gasteiger partial charge is 0.0471 e. The maximum Gasteiger partial charge on any atom is 0.0471 e. The van der Waals surface area contributed by atoms with Crippen LogP contribution in [0.4, 0.5) is 0 Å². The summed E-state index contributed by atoms with van der Waals surface area (Å²) in [5, 5.41) is 4.36. The number of rotatable bonds is 5. The van der Waals surface area contributed by atoms with Gasteiger partial charge >= 0.3 is 0 Å². The van der Waals surface area contributed by atoms with Crippen LogP contribution in [0.15, 0.2) is 22.7 Å². The van der Waals surface area contributed by atoms with Gasteiger partial charge in [0.2, 0.25) is 0 Å². The third-order valence-electron chi connectivity index (χ3n) is 3.88. The fraction of sp³-hybridized carbons (Fsp3) is 0.600.